The number of benzene rings is 4. The fraction of sp³-hybridized carbons (Fsp3) is 0.206. The first-order valence-electron chi connectivity index (χ1n) is 14.4. The van der Waals surface area contributed by atoms with E-state index < -0.39 is 36.2 Å². The van der Waals surface area contributed by atoms with Gasteiger partial charge in [0.15, 0.2) is 11.3 Å². The van der Waals surface area contributed by atoms with Crippen LogP contribution in [0.3, 0.4) is 0 Å². The summed E-state index contributed by atoms with van der Waals surface area (Å²) in [5.41, 5.74) is 15.3. The Hall–Kier alpha value is -5.55. The van der Waals surface area contributed by atoms with Crippen LogP contribution in [0.1, 0.15) is 40.7 Å². The average Bonchev–Trinajstić information content (AvgIpc) is 3.61. The molecule has 11 heteroatoms. The van der Waals surface area contributed by atoms with Crippen LogP contribution in [-0.2, 0) is 15.1 Å². The van der Waals surface area contributed by atoms with Gasteiger partial charge in [-0.3, -0.25) is 19.9 Å². The number of nitrogens with one attached hydrogen (secondary N) is 1. The minimum Gasteiger partial charge on any atom is -0.479 e. The van der Waals surface area contributed by atoms with Gasteiger partial charge in [-0.1, -0.05) is 78.9 Å². The predicted molar refractivity (Wildman–Crippen MR) is 173 cm³/mol. The van der Waals surface area contributed by atoms with E-state index in [1.54, 1.807) is 65.6 Å². The maximum atomic E-state index is 13.6. The van der Waals surface area contributed by atoms with Crippen molar-refractivity contribution in [3.8, 4) is 0 Å². The lowest BCUT2D eigenvalue weighted by Gasteiger charge is -2.41. The first-order valence-corrected chi connectivity index (χ1v) is 14.4. The number of ketones is 1. The van der Waals surface area contributed by atoms with Gasteiger partial charge < -0.3 is 27.2 Å². The third-order valence-corrected chi connectivity index (χ3v) is 7.73. The van der Waals surface area contributed by atoms with E-state index in [-0.39, 0.29) is 23.0 Å². The van der Waals surface area contributed by atoms with Gasteiger partial charge in [-0.05, 0) is 47.4 Å². The Morgan fingerprint density at radius 3 is 2.00 bits per heavy atom. The average molecular weight is 609 g/mol. The number of carboxylic acid groups (broad SMARTS) is 1. The van der Waals surface area contributed by atoms with E-state index >= 15 is 0 Å². The van der Waals surface area contributed by atoms with Crippen molar-refractivity contribution in [3.63, 3.8) is 0 Å². The van der Waals surface area contributed by atoms with Crippen LogP contribution in [0.15, 0.2) is 97.1 Å². The summed E-state index contributed by atoms with van der Waals surface area (Å²) in [5.74, 6) is -2.81. The van der Waals surface area contributed by atoms with Crippen molar-refractivity contribution in [2.45, 2.75) is 24.8 Å². The molecule has 0 unspecified atom stereocenters. The van der Waals surface area contributed by atoms with Gasteiger partial charge in [-0.2, -0.15) is 0 Å². The molecule has 1 saturated heterocycles. The van der Waals surface area contributed by atoms with Crippen LogP contribution in [0.25, 0.3) is 10.8 Å². The van der Waals surface area contributed by atoms with Gasteiger partial charge in [-0.15, -0.1) is 0 Å². The van der Waals surface area contributed by atoms with Crippen molar-refractivity contribution in [2.24, 2.45) is 17.2 Å². The SMILES string of the molecule is N=C(N)c1cccc(C(=O)C[C@](C(=O)O)(c2ccccc2)N(C(=O)CN)c2ccc3ccccc3c2)c1.NC(=O)N1CCCC1. The molecule has 4 aromatic carbocycles. The second-order valence-electron chi connectivity index (χ2n) is 10.6. The minimum atomic E-state index is -2.11. The van der Waals surface area contributed by atoms with Crippen molar-refractivity contribution in [1.82, 2.24) is 4.90 Å². The van der Waals surface area contributed by atoms with Crippen LogP contribution < -0.4 is 22.1 Å². The van der Waals surface area contributed by atoms with Crippen LogP contribution in [0.2, 0.25) is 0 Å². The fourth-order valence-corrected chi connectivity index (χ4v) is 5.44. The number of urea groups is 1. The van der Waals surface area contributed by atoms with E-state index in [1.165, 1.54) is 12.1 Å². The summed E-state index contributed by atoms with van der Waals surface area (Å²) in [4.78, 5) is 53.4. The molecule has 0 radical (unpaired) electrons. The van der Waals surface area contributed by atoms with Gasteiger partial charge >= 0.3 is 12.0 Å². The summed E-state index contributed by atoms with van der Waals surface area (Å²) in [7, 11) is 0. The number of nitrogens with zero attached hydrogens (tertiary/aromatic N) is 2. The second-order valence-corrected chi connectivity index (χ2v) is 10.6. The number of hydrogen-bond donors (Lipinski definition) is 5. The van der Waals surface area contributed by atoms with Crippen molar-refractivity contribution in [2.75, 3.05) is 24.5 Å². The summed E-state index contributed by atoms with van der Waals surface area (Å²) in [6.45, 7) is 1.24. The number of fused-ring (bicyclic) bond motifs is 1. The van der Waals surface area contributed by atoms with Gasteiger partial charge in [0.1, 0.15) is 5.84 Å². The minimum absolute atomic E-state index is 0.174. The number of amidine groups is 1. The third-order valence-electron chi connectivity index (χ3n) is 7.73. The number of carbonyl (C=O) groups excluding carboxylic acids is 3. The van der Waals surface area contributed by atoms with Gasteiger partial charge in [0.05, 0.1) is 6.54 Å². The first-order chi connectivity index (χ1) is 21.6. The largest absolute Gasteiger partial charge is 0.479 e. The number of carbonyl (C=O) groups is 4. The van der Waals surface area contributed by atoms with E-state index in [0.29, 0.717) is 11.3 Å². The van der Waals surface area contributed by atoms with Crippen molar-refractivity contribution in [3.05, 3.63) is 114 Å². The standard InChI is InChI=1S/C29H26N4O4.C5H10N2O/c30-18-26(35)33(24-14-13-19-7-4-5-8-20(19)16-24)29(28(36)37,23-11-2-1-3-12-23)17-25(34)21-9-6-10-22(15-21)27(31)32;6-5(8)7-3-1-2-4-7/h1-16H,17-18,30H2,(H3,31,32)(H,36,37);1-4H2,(H2,6,8)/t29-;/m1./s1. The molecule has 45 heavy (non-hydrogen) atoms. The van der Waals surface area contributed by atoms with Crippen molar-refractivity contribution in [1.29, 1.82) is 5.41 Å². The van der Waals surface area contributed by atoms with Gasteiger partial charge in [0, 0.05) is 36.3 Å². The zero-order valence-electron chi connectivity index (χ0n) is 24.7. The van der Waals surface area contributed by atoms with Gasteiger partial charge in [-0.25, -0.2) is 9.59 Å². The number of carboxylic acids is 1. The Labute approximate surface area is 260 Å². The molecule has 0 saturated carbocycles. The van der Waals surface area contributed by atoms with E-state index in [2.05, 4.69) is 0 Å². The maximum absolute atomic E-state index is 13.6. The molecule has 0 bridgehead atoms. The molecule has 3 amide bonds. The number of hydrogen-bond acceptors (Lipinski definition) is 6. The summed E-state index contributed by atoms with van der Waals surface area (Å²) in [6.07, 6.45) is 1.65. The van der Waals surface area contributed by atoms with Crippen LogP contribution in [-0.4, -0.2) is 59.2 Å². The van der Waals surface area contributed by atoms with Crippen LogP contribution in [0, 0.1) is 5.41 Å². The normalized spacial score (nSPS) is 13.7. The molecular formula is C34H36N6O5. The molecule has 5 rings (SSSR count). The molecule has 1 fully saturated rings. The highest BCUT2D eigenvalue weighted by Crippen LogP contribution is 2.39. The first kappa shape index (κ1) is 32.4. The highest BCUT2D eigenvalue weighted by Gasteiger charge is 2.50. The van der Waals surface area contributed by atoms with E-state index in [1.807, 2.05) is 24.3 Å². The highest BCUT2D eigenvalue weighted by molar-refractivity contribution is 6.09. The van der Waals surface area contributed by atoms with Crippen molar-refractivity contribution >= 4 is 46.0 Å². The molecule has 0 aromatic heterocycles. The van der Waals surface area contributed by atoms with Crippen molar-refractivity contribution < 1.29 is 24.3 Å². The number of anilines is 1. The molecule has 1 aliphatic rings. The molecule has 1 atom stereocenters. The number of primary amides is 1. The monoisotopic (exact) mass is 608 g/mol. The van der Waals surface area contributed by atoms with Gasteiger partial charge in [0.2, 0.25) is 5.91 Å². The Morgan fingerprint density at radius 2 is 1.42 bits per heavy atom. The Kier molecular flexibility index (Phi) is 10.3. The Bertz CT molecular complexity index is 1720. The maximum Gasteiger partial charge on any atom is 0.335 e. The zero-order valence-corrected chi connectivity index (χ0v) is 24.7. The Morgan fingerprint density at radius 1 is 0.800 bits per heavy atom. The van der Waals surface area contributed by atoms with E-state index in [0.717, 1.165) is 41.6 Å². The number of rotatable bonds is 9. The topological polar surface area (TPSA) is 197 Å². The van der Waals surface area contributed by atoms with E-state index in [9.17, 15) is 24.3 Å². The second kappa shape index (κ2) is 14.3. The predicted octanol–water partition coefficient (Wildman–Crippen LogP) is 3.83. The molecule has 11 nitrogen and oxygen atoms in total. The lowest BCUT2D eigenvalue weighted by molar-refractivity contribution is -0.145. The van der Waals surface area contributed by atoms with Crippen LogP contribution in [0.5, 0.6) is 0 Å². The van der Waals surface area contributed by atoms with Crippen LogP contribution >= 0.6 is 0 Å². The molecule has 0 aliphatic carbocycles. The zero-order chi connectivity index (χ0) is 32.6. The molecule has 0 spiro atoms. The number of nitrogens with two attached hydrogens (primary N) is 3. The summed E-state index contributed by atoms with van der Waals surface area (Å²) in [5, 5.41) is 20.2. The third kappa shape index (κ3) is 7.16. The Balaban J connectivity index is 0.000000501. The summed E-state index contributed by atoms with van der Waals surface area (Å²) >= 11 is 0. The molecule has 1 heterocycles. The number of aliphatic carboxylic acids is 1. The van der Waals surface area contributed by atoms with Gasteiger partial charge in [0.25, 0.3) is 0 Å². The molecule has 4 aromatic rings. The highest BCUT2D eigenvalue weighted by atomic mass is 16.4. The molecule has 1 aliphatic heterocycles. The lowest BCUT2D eigenvalue weighted by atomic mass is 9.81. The molecule has 8 N–H and O–H groups in total. The lowest BCUT2D eigenvalue weighted by Crippen LogP contribution is -2.57. The number of Topliss-reactive ketones (excluding diaryl/α,β-unsaturated/α-hetero) is 1. The number of nitrogen functional groups attached to an aromatic ring is 1. The number of amides is 3. The smallest absolute Gasteiger partial charge is 0.335 e. The molecule has 232 valence electrons. The molecular weight excluding hydrogens is 572 g/mol. The fourth-order valence-electron chi connectivity index (χ4n) is 5.44. The summed E-state index contributed by atoms with van der Waals surface area (Å²) < 4.78 is 0. The number of likely N-dealkylation sites (tertiary alicyclic amines) is 1. The summed E-state index contributed by atoms with van der Waals surface area (Å²) in [6, 6.07) is 26.6. The van der Waals surface area contributed by atoms with E-state index in [4.69, 9.17) is 22.6 Å². The quantitative estimate of drug-likeness (QED) is 0.108. The van der Waals surface area contributed by atoms with Crippen LogP contribution in [0.4, 0.5) is 10.5 Å².